The third kappa shape index (κ3) is 3.64. The van der Waals surface area contributed by atoms with Crippen LogP contribution in [0.25, 0.3) is 5.65 Å². The molecule has 2 aliphatic rings. The zero-order chi connectivity index (χ0) is 22.6. The Hall–Kier alpha value is -2.93. The highest BCUT2D eigenvalue weighted by Gasteiger charge is 2.33. The number of aromatic nitrogens is 5. The Bertz CT molecular complexity index is 1290. The van der Waals surface area contributed by atoms with Crippen molar-refractivity contribution >= 4 is 21.6 Å². The van der Waals surface area contributed by atoms with Gasteiger partial charge in [0.25, 0.3) is 12.3 Å². The monoisotopic (exact) mass is 465 g/mol. The van der Waals surface area contributed by atoms with Gasteiger partial charge in [0.1, 0.15) is 10.6 Å². The molecule has 0 N–H and O–H groups in total. The highest BCUT2D eigenvalue weighted by atomic mass is 32.2. The van der Waals surface area contributed by atoms with Gasteiger partial charge >= 0.3 is 0 Å². The molecule has 1 aliphatic carbocycles. The van der Waals surface area contributed by atoms with Crippen molar-refractivity contribution in [2.24, 2.45) is 7.05 Å². The van der Waals surface area contributed by atoms with E-state index in [0.717, 1.165) is 17.4 Å². The molecule has 3 aromatic rings. The summed E-state index contributed by atoms with van der Waals surface area (Å²) in [5.41, 5.74) is 0.533. The Morgan fingerprint density at radius 2 is 1.88 bits per heavy atom. The summed E-state index contributed by atoms with van der Waals surface area (Å²) in [5, 5.41) is 7.99. The van der Waals surface area contributed by atoms with Crippen molar-refractivity contribution in [1.82, 2.24) is 33.6 Å². The number of rotatable bonds is 5. The second-order valence-electron chi connectivity index (χ2n) is 8.03. The SMILES string of the molecule is Cn1cc(S(=O)(=O)N2CCN(C(=O)c3cc4nc(C5CC5)cc(C(F)F)n4n3)CC2)cn1. The molecule has 0 spiro atoms. The van der Waals surface area contributed by atoms with Crippen LogP contribution in [0.4, 0.5) is 8.78 Å². The van der Waals surface area contributed by atoms with Crippen molar-refractivity contribution in [3.8, 4) is 0 Å². The number of carbonyl (C=O) groups is 1. The number of amides is 1. The molecule has 2 fully saturated rings. The van der Waals surface area contributed by atoms with Gasteiger partial charge in [-0.2, -0.15) is 14.5 Å². The maximum Gasteiger partial charge on any atom is 0.280 e. The van der Waals surface area contributed by atoms with Crippen LogP contribution >= 0.6 is 0 Å². The Balaban J connectivity index is 1.34. The first-order valence-electron chi connectivity index (χ1n) is 10.2. The van der Waals surface area contributed by atoms with E-state index in [0.29, 0.717) is 5.69 Å². The van der Waals surface area contributed by atoms with E-state index in [2.05, 4.69) is 15.2 Å². The van der Waals surface area contributed by atoms with Gasteiger partial charge in [-0.1, -0.05) is 0 Å². The molecule has 1 aliphatic heterocycles. The van der Waals surface area contributed by atoms with E-state index in [1.54, 1.807) is 7.05 Å². The maximum atomic E-state index is 13.6. The highest BCUT2D eigenvalue weighted by Crippen LogP contribution is 2.40. The number of piperazine rings is 1. The number of hydrogen-bond donors (Lipinski definition) is 0. The fourth-order valence-corrected chi connectivity index (χ4v) is 5.25. The standard InChI is InChI=1S/C19H21F2N7O3S/c1-25-11-13(10-22-25)32(30,31)27-6-4-26(5-7-27)19(29)15-9-17-23-14(12-2-3-12)8-16(18(20)21)28(17)24-15/h8-12,18H,2-7H2,1H3. The van der Waals surface area contributed by atoms with Crippen molar-refractivity contribution < 1.29 is 22.0 Å². The number of nitrogens with zero attached hydrogens (tertiary/aromatic N) is 7. The topological polar surface area (TPSA) is 106 Å². The van der Waals surface area contributed by atoms with E-state index in [1.165, 1.54) is 38.4 Å². The zero-order valence-corrected chi connectivity index (χ0v) is 18.0. The molecule has 10 nitrogen and oxygen atoms in total. The minimum Gasteiger partial charge on any atom is -0.335 e. The number of hydrogen-bond acceptors (Lipinski definition) is 6. The summed E-state index contributed by atoms with van der Waals surface area (Å²) >= 11 is 0. The number of fused-ring (bicyclic) bond motifs is 1. The lowest BCUT2D eigenvalue weighted by molar-refractivity contribution is 0.0691. The lowest BCUT2D eigenvalue weighted by atomic mass is 10.2. The van der Waals surface area contributed by atoms with Crippen molar-refractivity contribution in [2.45, 2.75) is 30.1 Å². The van der Waals surface area contributed by atoms with Gasteiger partial charge in [0, 0.05) is 57.1 Å². The van der Waals surface area contributed by atoms with E-state index < -0.39 is 22.4 Å². The van der Waals surface area contributed by atoms with Crippen LogP contribution in [-0.2, 0) is 17.1 Å². The van der Waals surface area contributed by atoms with Crippen LogP contribution in [0.3, 0.4) is 0 Å². The first-order chi connectivity index (χ1) is 15.2. The first kappa shape index (κ1) is 20.9. The molecule has 3 aromatic heterocycles. The molecule has 5 rings (SSSR count). The Labute approximate surface area is 182 Å². The minimum atomic E-state index is -3.70. The van der Waals surface area contributed by atoms with Crippen LogP contribution < -0.4 is 0 Å². The van der Waals surface area contributed by atoms with Crippen LogP contribution in [-0.4, -0.2) is 74.1 Å². The number of aryl methyl sites for hydroxylation is 1. The minimum absolute atomic E-state index is 0.0101. The van der Waals surface area contributed by atoms with Gasteiger partial charge in [-0.15, -0.1) is 0 Å². The maximum absolute atomic E-state index is 13.6. The quantitative estimate of drug-likeness (QED) is 0.564. The molecule has 0 bridgehead atoms. The van der Waals surface area contributed by atoms with Crippen molar-refractivity contribution in [1.29, 1.82) is 0 Å². The van der Waals surface area contributed by atoms with Crippen LogP contribution in [0.1, 0.15) is 47.1 Å². The normalized spacial score (nSPS) is 18.1. The largest absolute Gasteiger partial charge is 0.335 e. The summed E-state index contributed by atoms with van der Waals surface area (Å²) in [6.45, 7) is 0.550. The molecule has 1 saturated carbocycles. The molecule has 1 amide bonds. The number of alkyl halides is 2. The predicted octanol–water partition coefficient (Wildman–Crippen LogP) is 1.42. The Kier molecular flexibility index (Phi) is 4.97. The zero-order valence-electron chi connectivity index (χ0n) is 17.2. The summed E-state index contributed by atoms with van der Waals surface area (Å²) < 4.78 is 56.3. The van der Waals surface area contributed by atoms with Gasteiger partial charge < -0.3 is 4.90 Å². The van der Waals surface area contributed by atoms with Crippen LogP contribution in [0.5, 0.6) is 0 Å². The smallest absolute Gasteiger partial charge is 0.280 e. The Morgan fingerprint density at radius 1 is 1.16 bits per heavy atom. The lowest BCUT2D eigenvalue weighted by Gasteiger charge is -2.33. The third-order valence-electron chi connectivity index (χ3n) is 5.76. The second-order valence-corrected chi connectivity index (χ2v) is 9.96. The molecule has 0 aromatic carbocycles. The molecule has 0 atom stereocenters. The van der Waals surface area contributed by atoms with E-state index >= 15 is 0 Å². The first-order valence-corrected chi connectivity index (χ1v) is 11.6. The van der Waals surface area contributed by atoms with Gasteiger partial charge in [0.15, 0.2) is 11.3 Å². The summed E-state index contributed by atoms with van der Waals surface area (Å²) in [7, 11) is -2.07. The number of carbonyl (C=O) groups excluding carboxylic acids is 1. The van der Waals surface area contributed by atoms with Crippen LogP contribution in [0.15, 0.2) is 29.4 Å². The molecule has 1 saturated heterocycles. The molecule has 4 heterocycles. The predicted molar refractivity (Wildman–Crippen MR) is 108 cm³/mol. The summed E-state index contributed by atoms with van der Waals surface area (Å²) in [5.74, 6) is -0.261. The number of sulfonamides is 1. The lowest BCUT2D eigenvalue weighted by Crippen LogP contribution is -2.50. The van der Waals surface area contributed by atoms with Crippen molar-refractivity contribution in [3.05, 3.63) is 41.6 Å². The number of halogens is 2. The summed E-state index contributed by atoms with van der Waals surface area (Å²) in [6, 6.07) is 2.78. The molecule has 170 valence electrons. The van der Waals surface area contributed by atoms with E-state index in [1.807, 2.05) is 0 Å². The summed E-state index contributed by atoms with van der Waals surface area (Å²) in [6.07, 6.45) is 1.79. The van der Waals surface area contributed by atoms with Crippen molar-refractivity contribution in [3.63, 3.8) is 0 Å². The second kappa shape index (κ2) is 7.59. The third-order valence-corrected chi connectivity index (χ3v) is 7.61. The van der Waals surface area contributed by atoms with E-state index in [9.17, 15) is 22.0 Å². The van der Waals surface area contributed by atoms with E-state index in [-0.39, 0.29) is 54.0 Å². The molecular formula is C19H21F2N7O3S. The molecule has 0 radical (unpaired) electrons. The Morgan fingerprint density at radius 3 is 2.47 bits per heavy atom. The molecule has 0 unspecified atom stereocenters. The fourth-order valence-electron chi connectivity index (χ4n) is 3.84. The molecular weight excluding hydrogens is 444 g/mol. The van der Waals surface area contributed by atoms with Gasteiger partial charge in [-0.25, -0.2) is 26.7 Å². The highest BCUT2D eigenvalue weighted by molar-refractivity contribution is 7.89. The van der Waals surface area contributed by atoms with Gasteiger partial charge in [-0.3, -0.25) is 9.48 Å². The molecule has 32 heavy (non-hydrogen) atoms. The van der Waals surface area contributed by atoms with Gasteiger partial charge in [0.05, 0.1) is 6.20 Å². The van der Waals surface area contributed by atoms with E-state index in [4.69, 9.17) is 0 Å². The fraction of sp³-hybridized carbons (Fsp3) is 0.474. The van der Waals surface area contributed by atoms with Crippen LogP contribution in [0, 0.1) is 0 Å². The average Bonchev–Trinajstić information content (AvgIpc) is 3.38. The van der Waals surface area contributed by atoms with Crippen molar-refractivity contribution in [2.75, 3.05) is 26.2 Å². The van der Waals surface area contributed by atoms with Gasteiger partial charge in [0.2, 0.25) is 10.0 Å². The van der Waals surface area contributed by atoms with Gasteiger partial charge in [-0.05, 0) is 18.9 Å². The summed E-state index contributed by atoms with van der Waals surface area (Å²) in [4.78, 5) is 18.9. The van der Waals surface area contributed by atoms with Crippen LogP contribution in [0.2, 0.25) is 0 Å². The molecule has 13 heteroatoms. The average molecular weight is 465 g/mol.